The third-order valence-corrected chi connectivity index (χ3v) is 9.21. The Labute approximate surface area is 221 Å². The van der Waals surface area contributed by atoms with E-state index in [9.17, 15) is 33.2 Å². The number of anilines is 2. The lowest BCUT2D eigenvalue weighted by Gasteiger charge is -2.35. The standard InChI is InChI=1S/C24H21N5O7S2/c1-15-22(13-21(37-15)23(30)26-20-7-2-16(14-25)12-19(20)24(31)32)38(35,36)28-10-8-27(9-11-28)17-3-5-18(6-4-17)29(33)34/h2-7,12-13H,8-11H2,1H3,(H,26,30)(H,31,32). The number of nitriles is 1. The van der Waals surface area contributed by atoms with Crippen molar-refractivity contribution in [2.45, 2.75) is 11.8 Å². The van der Waals surface area contributed by atoms with Crippen LogP contribution in [0.25, 0.3) is 0 Å². The van der Waals surface area contributed by atoms with E-state index in [2.05, 4.69) is 5.32 Å². The highest BCUT2D eigenvalue weighted by Crippen LogP contribution is 2.31. The maximum Gasteiger partial charge on any atom is 0.337 e. The van der Waals surface area contributed by atoms with Crippen LogP contribution < -0.4 is 10.2 Å². The van der Waals surface area contributed by atoms with Crippen LogP contribution in [0.5, 0.6) is 0 Å². The number of hydrogen-bond donors (Lipinski definition) is 2. The van der Waals surface area contributed by atoms with Gasteiger partial charge in [-0.25, -0.2) is 13.2 Å². The number of carboxylic acids is 1. The molecule has 1 amide bonds. The molecule has 14 heteroatoms. The molecule has 0 unspecified atom stereocenters. The number of carbonyl (C=O) groups is 2. The van der Waals surface area contributed by atoms with Gasteiger partial charge in [-0.1, -0.05) is 0 Å². The summed E-state index contributed by atoms with van der Waals surface area (Å²) >= 11 is 0.972. The average molecular weight is 556 g/mol. The van der Waals surface area contributed by atoms with E-state index in [1.807, 2.05) is 11.0 Å². The zero-order chi connectivity index (χ0) is 27.6. The van der Waals surface area contributed by atoms with Crippen LogP contribution in [0.1, 0.15) is 30.5 Å². The number of aromatic carboxylic acids is 1. The molecule has 0 radical (unpaired) electrons. The molecule has 0 atom stereocenters. The Bertz CT molecular complexity index is 1570. The number of benzene rings is 2. The lowest BCUT2D eigenvalue weighted by Crippen LogP contribution is -2.48. The van der Waals surface area contributed by atoms with Crippen LogP contribution in [0.15, 0.2) is 53.4 Å². The lowest BCUT2D eigenvalue weighted by atomic mass is 10.1. The highest BCUT2D eigenvalue weighted by Gasteiger charge is 2.32. The smallest absolute Gasteiger partial charge is 0.337 e. The predicted octanol–water partition coefficient (Wildman–Crippen LogP) is 3.30. The molecule has 196 valence electrons. The third kappa shape index (κ3) is 5.35. The van der Waals surface area contributed by atoms with Gasteiger partial charge in [0.2, 0.25) is 10.0 Å². The Hall–Kier alpha value is -4.32. The number of nitro groups is 1. The van der Waals surface area contributed by atoms with Gasteiger partial charge >= 0.3 is 5.97 Å². The van der Waals surface area contributed by atoms with Crippen molar-refractivity contribution in [3.8, 4) is 6.07 Å². The molecule has 4 rings (SSSR count). The van der Waals surface area contributed by atoms with Crippen LogP contribution in [0, 0.1) is 28.4 Å². The molecule has 1 aliphatic heterocycles. The molecule has 38 heavy (non-hydrogen) atoms. The molecule has 1 aromatic heterocycles. The number of nitrogens with zero attached hydrogens (tertiary/aromatic N) is 4. The van der Waals surface area contributed by atoms with Crippen molar-refractivity contribution in [1.29, 1.82) is 5.26 Å². The van der Waals surface area contributed by atoms with E-state index in [1.54, 1.807) is 19.1 Å². The predicted molar refractivity (Wildman–Crippen MR) is 139 cm³/mol. The molecular weight excluding hydrogens is 534 g/mol. The summed E-state index contributed by atoms with van der Waals surface area (Å²) in [5, 5.41) is 31.8. The molecule has 0 bridgehead atoms. The number of piperazine rings is 1. The van der Waals surface area contributed by atoms with Crippen molar-refractivity contribution < 1.29 is 28.0 Å². The molecule has 0 saturated carbocycles. The Kier molecular flexibility index (Phi) is 7.44. The second-order valence-corrected chi connectivity index (χ2v) is 11.5. The number of carboxylic acid groups (broad SMARTS) is 1. The topological polar surface area (TPSA) is 174 Å². The number of thiophene rings is 1. The van der Waals surface area contributed by atoms with Gasteiger partial charge in [-0.15, -0.1) is 11.3 Å². The summed E-state index contributed by atoms with van der Waals surface area (Å²) < 4.78 is 28.1. The first-order valence-electron chi connectivity index (χ1n) is 11.2. The van der Waals surface area contributed by atoms with Crippen LogP contribution >= 0.6 is 11.3 Å². The molecule has 3 aromatic rings. The summed E-state index contributed by atoms with van der Waals surface area (Å²) in [6.07, 6.45) is 0. The van der Waals surface area contributed by atoms with Gasteiger partial charge in [0.15, 0.2) is 0 Å². The molecule has 0 aliphatic carbocycles. The van der Waals surface area contributed by atoms with Gasteiger partial charge in [0.25, 0.3) is 11.6 Å². The zero-order valence-electron chi connectivity index (χ0n) is 19.9. The molecule has 1 aliphatic rings. The fourth-order valence-electron chi connectivity index (χ4n) is 4.03. The number of rotatable bonds is 7. The van der Waals surface area contributed by atoms with Crippen molar-refractivity contribution in [3.05, 3.63) is 79.5 Å². The normalized spacial score (nSPS) is 14.1. The van der Waals surface area contributed by atoms with Crippen molar-refractivity contribution >= 4 is 50.3 Å². The molecule has 2 N–H and O–H groups in total. The Morgan fingerprint density at radius 2 is 1.76 bits per heavy atom. The molecule has 1 fully saturated rings. The van der Waals surface area contributed by atoms with Crippen LogP contribution in [0.3, 0.4) is 0 Å². The maximum absolute atomic E-state index is 13.4. The van der Waals surface area contributed by atoms with Gasteiger partial charge in [-0.05, 0) is 43.3 Å². The van der Waals surface area contributed by atoms with E-state index in [4.69, 9.17) is 5.26 Å². The monoisotopic (exact) mass is 555 g/mol. The van der Waals surface area contributed by atoms with Crippen LogP contribution in [-0.2, 0) is 10.0 Å². The van der Waals surface area contributed by atoms with Crippen LogP contribution in [0.2, 0.25) is 0 Å². The number of non-ortho nitro benzene ring substituents is 1. The van der Waals surface area contributed by atoms with E-state index >= 15 is 0 Å². The van der Waals surface area contributed by atoms with Crippen molar-refractivity contribution in [3.63, 3.8) is 0 Å². The summed E-state index contributed by atoms with van der Waals surface area (Å²) in [7, 11) is -3.91. The fourth-order valence-corrected chi connectivity index (χ4v) is 6.91. The minimum absolute atomic E-state index is 0.00489. The van der Waals surface area contributed by atoms with Crippen LogP contribution in [-0.4, -0.2) is 60.8 Å². The average Bonchev–Trinajstić information content (AvgIpc) is 3.31. The Morgan fingerprint density at radius 3 is 2.34 bits per heavy atom. The highest BCUT2D eigenvalue weighted by molar-refractivity contribution is 7.89. The van der Waals surface area contributed by atoms with Crippen molar-refractivity contribution in [2.24, 2.45) is 0 Å². The number of amides is 1. The van der Waals surface area contributed by atoms with Crippen LogP contribution in [0.4, 0.5) is 17.1 Å². The molecule has 2 heterocycles. The summed E-state index contributed by atoms with van der Waals surface area (Å²) in [6.45, 7) is 2.72. The number of nitro benzene ring substituents is 1. The van der Waals surface area contributed by atoms with E-state index in [0.29, 0.717) is 18.0 Å². The van der Waals surface area contributed by atoms with E-state index in [-0.39, 0.29) is 45.4 Å². The first kappa shape index (κ1) is 26.7. The summed E-state index contributed by atoms with van der Waals surface area (Å²) in [5.74, 6) is -1.99. The number of carbonyl (C=O) groups excluding carboxylic acids is 1. The quantitative estimate of drug-likeness (QED) is 0.327. The highest BCUT2D eigenvalue weighted by atomic mass is 32.2. The number of hydrogen-bond acceptors (Lipinski definition) is 9. The third-order valence-electron chi connectivity index (χ3n) is 6.01. The SMILES string of the molecule is Cc1sc(C(=O)Nc2ccc(C#N)cc2C(=O)O)cc1S(=O)(=O)N1CCN(c2ccc([N+](=O)[O-])cc2)CC1. The van der Waals surface area contributed by atoms with Crippen molar-refractivity contribution in [1.82, 2.24) is 4.31 Å². The van der Waals surface area contributed by atoms with Crippen molar-refractivity contribution in [2.75, 3.05) is 36.4 Å². The first-order valence-corrected chi connectivity index (χ1v) is 13.5. The summed E-state index contributed by atoms with van der Waals surface area (Å²) in [5.41, 5.74) is 0.570. The van der Waals surface area contributed by atoms with Gasteiger partial charge in [-0.2, -0.15) is 9.57 Å². The van der Waals surface area contributed by atoms with Gasteiger partial charge < -0.3 is 15.3 Å². The minimum Gasteiger partial charge on any atom is -0.478 e. The van der Waals surface area contributed by atoms with Gasteiger partial charge in [0, 0.05) is 48.9 Å². The second kappa shape index (κ2) is 10.6. The fraction of sp³-hybridized carbons (Fsp3) is 0.208. The largest absolute Gasteiger partial charge is 0.478 e. The van der Waals surface area contributed by atoms with Gasteiger partial charge in [-0.3, -0.25) is 14.9 Å². The summed E-state index contributed by atoms with van der Waals surface area (Å²) in [4.78, 5) is 37.2. The van der Waals surface area contributed by atoms with E-state index in [0.717, 1.165) is 23.1 Å². The molecule has 0 spiro atoms. The van der Waals surface area contributed by atoms with Gasteiger partial charge in [0.05, 0.1) is 37.6 Å². The number of sulfonamides is 1. The molecule has 1 saturated heterocycles. The summed E-state index contributed by atoms with van der Waals surface area (Å²) in [6, 6.07) is 13.0. The van der Waals surface area contributed by atoms with E-state index < -0.39 is 26.8 Å². The molecule has 2 aromatic carbocycles. The minimum atomic E-state index is -3.91. The lowest BCUT2D eigenvalue weighted by molar-refractivity contribution is -0.384. The molecule has 12 nitrogen and oxygen atoms in total. The number of aryl methyl sites for hydroxylation is 1. The number of nitrogens with one attached hydrogen (secondary N) is 1. The van der Waals surface area contributed by atoms with E-state index in [1.165, 1.54) is 34.6 Å². The Balaban J connectivity index is 1.48. The maximum atomic E-state index is 13.4. The van der Waals surface area contributed by atoms with Gasteiger partial charge in [0.1, 0.15) is 0 Å². The first-order chi connectivity index (χ1) is 18.0. The second-order valence-electron chi connectivity index (χ2n) is 8.33. The zero-order valence-corrected chi connectivity index (χ0v) is 21.6. The Morgan fingerprint density at radius 1 is 1.11 bits per heavy atom. The molecular formula is C24H21N5O7S2.